The molecule has 1 saturated heterocycles. The van der Waals surface area contributed by atoms with Gasteiger partial charge >= 0.3 is 6.03 Å². The van der Waals surface area contributed by atoms with E-state index in [9.17, 15) is 14.4 Å². The number of urea groups is 1. The molecule has 0 bridgehead atoms. The van der Waals surface area contributed by atoms with Gasteiger partial charge in [0.15, 0.2) is 5.82 Å². The Balaban J connectivity index is 2.37. The first kappa shape index (κ1) is 10.7. The maximum Gasteiger partial charge on any atom is 0.339 e. The summed E-state index contributed by atoms with van der Waals surface area (Å²) in [6.07, 6.45) is 0. The molecule has 84 valence electrons. The summed E-state index contributed by atoms with van der Waals surface area (Å²) in [7, 11) is 0. The molecule has 7 nitrogen and oxygen atoms in total. The lowest BCUT2D eigenvalue weighted by Crippen LogP contribution is -2.35. The first-order valence-electron chi connectivity index (χ1n) is 4.46. The third kappa shape index (κ3) is 1.47. The van der Waals surface area contributed by atoms with E-state index < -0.39 is 17.8 Å². The summed E-state index contributed by atoms with van der Waals surface area (Å²) in [5, 5.41) is 3.71. The molecule has 16 heavy (non-hydrogen) atoms. The Morgan fingerprint density at radius 3 is 2.56 bits per heavy atom. The lowest BCUT2D eigenvalue weighted by atomic mass is 10.5. The van der Waals surface area contributed by atoms with Crippen LogP contribution in [0.15, 0.2) is 0 Å². The standard InChI is InChI=1S/C8H8N4O3S/c1-4-7(9-10-16-4)12-6(14)3-11(5(2)13)8(12)15/h3H2,1-2H3. The molecule has 1 aliphatic heterocycles. The van der Waals surface area contributed by atoms with Crippen LogP contribution in [0.3, 0.4) is 0 Å². The Hall–Kier alpha value is -1.83. The summed E-state index contributed by atoms with van der Waals surface area (Å²) in [4.78, 5) is 36.9. The van der Waals surface area contributed by atoms with Crippen LogP contribution in [-0.2, 0) is 9.59 Å². The summed E-state index contributed by atoms with van der Waals surface area (Å²) in [6, 6.07) is -0.659. The molecular weight excluding hydrogens is 232 g/mol. The van der Waals surface area contributed by atoms with E-state index in [1.807, 2.05) is 0 Å². The Bertz CT molecular complexity index is 483. The fraction of sp³-hybridized carbons (Fsp3) is 0.375. The van der Waals surface area contributed by atoms with Gasteiger partial charge in [-0.1, -0.05) is 4.49 Å². The van der Waals surface area contributed by atoms with Crippen LogP contribution >= 0.6 is 11.5 Å². The molecule has 8 heteroatoms. The van der Waals surface area contributed by atoms with Gasteiger partial charge in [0, 0.05) is 6.92 Å². The topological polar surface area (TPSA) is 83.5 Å². The fourth-order valence-electron chi connectivity index (χ4n) is 1.39. The van der Waals surface area contributed by atoms with E-state index in [0.29, 0.717) is 4.88 Å². The van der Waals surface area contributed by atoms with E-state index >= 15 is 0 Å². The minimum absolute atomic E-state index is 0.212. The predicted octanol–water partition coefficient (Wildman–Crippen LogP) is 0.162. The lowest BCUT2D eigenvalue weighted by molar-refractivity contribution is -0.128. The highest BCUT2D eigenvalue weighted by Crippen LogP contribution is 2.24. The van der Waals surface area contributed by atoms with Crippen molar-refractivity contribution < 1.29 is 14.4 Å². The number of carbonyl (C=O) groups is 3. The largest absolute Gasteiger partial charge is 0.339 e. The van der Waals surface area contributed by atoms with Crippen LogP contribution in [0, 0.1) is 6.92 Å². The van der Waals surface area contributed by atoms with Crippen molar-refractivity contribution >= 4 is 35.2 Å². The molecule has 0 aliphatic carbocycles. The van der Waals surface area contributed by atoms with Crippen LogP contribution in [0.25, 0.3) is 0 Å². The Morgan fingerprint density at radius 1 is 1.44 bits per heavy atom. The number of aromatic nitrogens is 2. The summed E-state index contributed by atoms with van der Waals surface area (Å²) in [5.74, 6) is -0.707. The van der Waals surface area contributed by atoms with E-state index in [4.69, 9.17) is 0 Å². The molecule has 0 unspecified atom stereocenters. The van der Waals surface area contributed by atoms with Gasteiger partial charge < -0.3 is 0 Å². The number of nitrogens with zero attached hydrogens (tertiary/aromatic N) is 4. The monoisotopic (exact) mass is 240 g/mol. The Morgan fingerprint density at radius 2 is 2.12 bits per heavy atom. The van der Waals surface area contributed by atoms with Crippen molar-refractivity contribution in [1.29, 1.82) is 0 Å². The van der Waals surface area contributed by atoms with Gasteiger partial charge in [0.2, 0.25) is 5.91 Å². The van der Waals surface area contributed by atoms with Crippen LogP contribution in [0.2, 0.25) is 0 Å². The molecule has 2 heterocycles. The van der Waals surface area contributed by atoms with Crippen LogP contribution in [-0.4, -0.2) is 38.9 Å². The number of amides is 4. The number of hydrogen-bond donors (Lipinski definition) is 0. The van der Waals surface area contributed by atoms with E-state index in [1.54, 1.807) is 6.92 Å². The smallest absolute Gasteiger partial charge is 0.275 e. The van der Waals surface area contributed by atoms with E-state index in [0.717, 1.165) is 21.3 Å². The van der Waals surface area contributed by atoms with Gasteiger partial charge in [-0.3, -0.25) is 14.5 Å². The lowest BCUT2D eigenvalue weighted by Gasteiger charge is -2.12. The molecule has 2 rings (SSSR count). The maximum absolute atomic E-state index is 11.8. The summed E-state index contributed by atoms with van der Waals surface area (Å²) in [5.41, 5.74) is 0. The quantitative estimate of drug-likeness (QED) is 0.653. The normalized spacial score (nSPS) is 16.1. The first-order chi connectivity index (χ1) is 7.52. The van der Waals surface area contributed by atoms with Gasteiger partial charge in [-0.15, -0.1) is 5.10 Å². The maximum atomic E-state index is 11.8. The molecule has 0 saturated carbocycles. The van der Waals surface area contributed by atoms with Gasteiger partial charge in [-0.25, -0.2) is 9.69 Å². The predicted molar refractivity (Wildman–Crippen MR) is 54.9 cm³/mol. The number of aryl methyl sites for hydroxylation is 1. The minimum atomic E-state index is -0.659. The molecule has 4 amide bonds. The highest BCUT2D eigenvalue weighted by molar-refractivity contribution is 7.06. The molecule has 1 aromatic rings. The summed E-state index contributed by atoms with van der Waals surface area (Å²) in [6.45, 7) is 2.71. The van der Waals surface area contributed by atoms with E-state index in [1.165, 1.54) is 6.92 Å². The number of imide groups is 2. The van der Waals surface area contributed by atoms with Gasteiger partial charge in [0.25, 0.3) is 5.91 Å². The Kier molecular flexibility index (Phi) is 2.43. The zero-order valence-corrected chi connectivity index (χ0v) is 9.45. The van der Waals surface area contributed by atoms with Crippen molar-refractivity contribution in [2.24, 2.45) is 0 Å². The zero-order chi connectivity index (χ0) is 11.9. The van der Waals surface area contributed by atoms with Crippen LogP contribution in [0.5, 0.6) is 0 Å². The van der Waals surface area contributed by atoms with Crippen LogP contribution < -0.4 is 4.90 Å². The molecule has 0 N–H and O–H groups in total. The Labute approximate surface area is 94.8 Å². The van der Waals surface area contributed by atoms with Crippen molar-refractivity contribution in [3.63, 3.8) is 0 Å². The molecule has 0 spiro atoms. The van der Waals surface area contributed by atoms with Gasteiger partial charge in [-0.2, -0.15) is 0 Å². The van der Waals surface area contributed by atoms with Crippen molar-refractivity contribution in [3.8, 4) is 0 Å². The number of rotatable bonds is 1. The fourth-order valence-corrected chi connectivity index (χ4v) is 1.84. The second-order valence-corrected chi connectivity index (χ2v) is 4.23. The summed E-state index contributed by atoms with van der Waals surface area (Å²) >= 11 is 1.09. The number of anilines is 1. The second-order valence-electron chi connectivity index (χ2n) is 3.27. The van der Waals surface area contributed by atoms with Crippen molar-refractivity contribution in [2.75, 3.05) is 11.4 Å². The number of hydrogen-bond acceptors (Lipinski definition) is 6. The van der Waals surface area contributed by atoms with Crippen molar-refractivity contribution in [2.45, 2.75) is 13.8 Å². The highest BCUT2D eigenvalue weighted by atomic mass is 32.1. The van der Waals surface area contributed by atoms with Crippen LogP contribution in [0.4, 0.5) is 10.6 Å². The molecule has 1 aliphatic rings. The molecule has 0 aromatic carbocycles. The molecule has 1 fully saturated rings. The second kappa shape index (κ2) is 3.63. The number of carbonyl (C=O) groups excluding carboxylic acids is 3. The SMILES string of the molecule is CC(=O)N1CC(=O)N(c2nnsc2C)C1=O. The third-order valence-corrected chi connectivity index (χ3v) is 2.80. The summed E-state index contributed by atoms with van der Waals surface area (Å²) < 4.78 is 3.65. The van der Waals surface area contributed by atoms with Gasteiger partial charge in [0.05, 0.1) is 4.88 Å². The highest BCUT2D eigenvalue weighted by Gasteiger charge is 2.41. The van der Waals surface area contributed by atoms with Gasteiger partial charge in [-0.05, 0) is 18.5 Å². The molecule has 1 aromatic heterocycles. The first-order valence-corrected chi connectivity index (χ1v) is 5.23. The minimum Gasteiger partial charge on any atom is -0.275 e. The van der Waals surface area contributed by atoms with Crippen molar-refractivity contribution in [1.82, 2.24) is 14.5 Å². The van der Waals surface area contributed by atoms with Crippen LogP contribution in [0.1, 0.15) is 11.8 Å². The molecule has 0 radical (unpaired) electrons. The van der Waals surface area contributed by atoms with E-state index in [2.05, 4.69) is 9.59 Å². The van der Waals surface area contributed by atoms with Crippen molar-refractivity contribution in [3.05, 3.63) is 4.88 Å². The third-order valence-electron chi connectivity index (χ3n) is 2.19. The average molecular weight is 240 g/mol. The average Bonchev–Trinajstić information content (AvgIpc) is 2.71. The molecular formula is C8H8N4O3S. The van der Waals surface area contributed by atoms with Gasteiger partial charge in [0.1, 0.15) is 6.54 Å². The van der Waals surface area contributed by atoms with E-state index in [-0.39, 0.29) is 12.4 Å². The zero-order valence-electron chi connectivity index (χ0n) is 8.63. The molecule has 0 atom stereocenters.